The van der Waals surface area contributed by atoms with Crippen LogP contribution >= 0.6 is 11.3 Å². The minimum atomic E-state index is -0.664. The summed E-state index contributed by atoms with van der Waals surface area (Å²) in [4.78, 5) is 16.0. The number of nitrogen functional groups attached to an aromatic ring is 1. The van der Waals surface area contributed by atoms with Crippen LogP contribution in [0.2, 0.25) is 0 Å². The van der Waals surface area contributed by atoms with Gasteiger partial charge in [0.05, 0.1) is 17.5 Å². The highest BCUT2D eigenvalue weighted by Gasteiger charge is 2.16. The molecule has 0 atom stereocenters. The Kier molecular flexibility index (Phi) is 7.23. The molecule has 4 rings (SSSR count). The lowest BCUT2D eigenvalue weighted by Gasteiger charge is -2.11. The molecule has 9 heteroatoms. The van der Waals surface area contributed by atoms with Crippen LogP contribution in [0.5, 0.6) is 11.5 Å². The lowest BCUT2D eigenvalue weighted by Crippen LogP contribution is -2.29. The fraction of sp³-hybridized carbons (Fsp3) is 0.167. The molecule has 0 radical (unpaired) electrons. The van der Waals surface area contributed by atoms with Crippen molar-refractivity contribution in [1.29, 1.82) is 0 Å². The highest BCUT2D eigenvalue weighted by atomic mass is 32.1. The van der Waals surface area contributed by atoms with E-state index in [1.165, 1.54) is 23.1 Å². The van der Waals surface area contributed by atoms with Gasteiger partial charge in [0, 0.05) is 35.8 Å². The van der Waals surface area contributed by atoms with E-state index >= 15 is 0 Å². The smallest absolute Gasteiger partial charge is 0.412 e. The molecule has 0 spiro atoms. The molecule has 33 heavy (non-hydrogen) atoms. The zero-order chi connectivity index (χ0) is 23.0. The number of pyridine rings is 1. The summed E-state index contributed by atoms with van der Waals surface area (Å²) in [5.74, 6) is 1.36. The Morgan fingerprint density at radius 1 is 1.15 bits per heavy atom. The summed E-state index contributed by atoms with van der Waals surface area (Å²) in [7, 11) is 0. The van der Waals surface area contributed by atoms with E-state index < -0.39 is 6.09 Å². The van der Waals surface area contributed by atoms with E-state index in [0.29, 0.717) is 21.7 Å². The van der Waals surface area contributed by atoms with Gasteiger partial charge in [-0.05, 0) is 23.1 Å². The third-order valence-electron chi connectivity index (χ3n) is 4.82. The van der Waals surface area contributed by atoms with Crippen molar-refractivity contribution in [2.45, 2.75) is 13.2 Å². The minimum Gasteiger partial charge on any atom is -0.489 e. The second kappa shape index (κ2) is 10.7. The SMILES string of the molecule is Nc1ncc(OC(=O)NCCO)c2scc(COc3cccc(NCc4ccccc4)c3)c12. The van der Waals surface area contributed by atoms with Gasteiger partial charge < -0.3 is 30.9 Å². The third kappa shape index (κ3) is 5.71. The predicted octanol–water partition coefficient (Wildman–Crippen LogP) is 4.15. The van der Waals surface area contributed by atoms with Crippen LogP contribution in [-0.4, -0.2) is 29.3 Å². The molecule has 0 aliphatic heterocycles. The van der Waals surface area contributed by atoms with E-state index in [4.69, 9.17) is 20.3 Å². The number of nitrogens with one attached hydrogen (secondary N) is 2. The number of anilines is 2. The molecule has 2 heterocycles. The van der Waals surface area contributed by atoms with Crippen molar-refractivity contribution in [3.63, 3.8) is 0 Å². The second-order valence-corrected chi connectivity index (χ2v) is 8.05. The maximum absolute atomic E-state index is 11.9. The number of fused-ring (bicyclic) bond motifs is 1. The summed E-state index contributed by atoms with van der Waals surface area (Å²) in [6.45, 7) is 0.936. The quantitative estimate of drug-likeness (QED) is 0.294. The van der Waals surface area contributed by atoms with Crippen molar-refractivity contribution in [3.05, 3.63) is 77.3 Å². The van der Waals surface area contributed by atoms with Gasteiger partial charge in [0.1, 0.15) is 18.2 Å². The van der Waals surface area contributed by atoms with E-state index in [9.17, 15) is 4.79 Å². The van der Waals surface area contributed by atoms with Crippen LogP contribution in [0.15, 0.2) is 66.2 Å². The Hall–Kier alpha value is -3.82. The largest absolute Gasteiger partial charge is 0.489 e. The molecule has 0 bridgehead atoms. The zero-order valence-electron chi connectivity index (χ0n) is 17.8. The average molecular weight is 465 g/mol. The van der Waals surface area contributed by atoms with Gasteiger partial charge in [-0.25, -0.2) is 9.78 Å². The molecular formula is C24H24N4O4S. The molecule has 0 unspecified atom stereocenters. The molecule has 0 saturated heterocycles. The molecule has 2 aromatic carbocycles. The van der Waals surface area contributed by atoms with Gasteiger partial charge in [0.15, 0.2) is 5.75 Å². The van der Waals surface area contributed by atoms with Gasteiger partial charge in [-0.15, -0.1) is 11.3 Å². The van der Waals surface area contributed by atoms with Crippen molar-refractivity contribution < 1.29 is 19.4 Å². The molecule has 0 fully saturated rings. The van der Waals surface area contributed by atoms with Crippen molar-refractivity contribution >= 4 is 39.0 Å². The Morgan fingerprint density at radius 2 is 2.00 bits per heavy atom. The molecular weight excluding hydrogens is 440 g/mol. The number of nitrogens with two attached hydrogens (primary N) is 1. The first-order valence-corrected chi connectivity index (χ1v) is 11.2. The number of carbonyl (C=O) groups excluding carboxylic acids is 1. The van der Waals surface area contributed by atoms with Gasteiger partial charge in [-0.3, -0.25) is 0 Å². The number of amides is 1. The molecule has 1 amide bonds. The highest BCUT2D eigenvalue weighted by molar-refractivity contribution is 7.17. The zero-order valence-corrected chi connectivity index (χ0v) is 18.6. The van der Waals surface area contributed by atoms with E-state index in [2.05, 4.69) is 27.8 Å². The van der Waals surface area contributed by atoms with Gasteiger partial charge in [-0.1, -0.05) is 36.4 Å². The number of aliphatic hydroxyl groups is 1. The van der Waals surface area contributed by atoms with E-state index in [1.807, 2.05) is 47.8 Å². The van der Waals surface area contributed by atoms with Crippen LogP contribution in [0, 0.1) is 0 Å². The number of aromatic nitrogens is 1. The summed E-state index contributed by atoms with van der Waals surface area (Å²) in [6.07, 6.45) is 0.752. The predicted molar refractivity (Wildman–Crippen MR) is 130 cm³/mol. The van der Waals surface area contributed by atoms with Gasteiger partial charge >= 0.3 is 6.09 Å². The lowest BCUT2D eigenvalue weighted by molar-refractivity contribution is 0.196. The molecule has 0 saturated carbocycles. The molecule has 4 aromatic rings. The van der Waals surface area contributed by atoms with Crippen LogP contribution in [0.25, 0.3) is 10.1 Å². The van der Waals surface area contributed by atoms with Crippen molar-refractivity contribution in [3.8, 4) is 11.5 Å². The van der Waals surface area contributed by atoms with Crippen LogP contribution in [0.1, 0.15) is 11.1 Å². The molecule has 5 N–H and O–H groups in total. The highest BCUT2D eigenvalue weighted by Crippen LogP contribution is 2.37. The molecule has 8 nitrogen and oxygen atoms in total. The summed E-state index contributed by atoms with van der Waals surface area (Å²) in [5.41, 5.74) is 9.11. The molecule has 2 aromatic heterocycles. The Balaban J connectivity index is 1.44. The van der Waals surface area contributed by atoms with E-state index in [0.717, 1.165) is 23.5 Å². The van der Waals surface area contributed by atoms with E-state index in [-0.39, 0.29) is 19.8 Å². The van der Waals surface area contributed by atoms with Crippen LogP contribution in [-0.2, 0) is 13.2 Å². The van der Waals surface area contributed by atoms with Crippen molar-refractivity contribution in [2.75, 3.05) is 24.2 Å². The van der Waals surface area contributed by atoms with Crippen molar-refractivity contribution in [2.24, 2.45) is 0 Å². The Morgan fingerprint density at radius 3 is 2.82 bits per heavy atom. The molecule has 170 valence electrons. The number of carbonyl (C=O) groups is 1. The van der Waals surface area contributed by atoms with Crippen LogP contribution in [0.3, 0.4) is 0 Å². The summed E-state index contributed by atoms with van der Waals surface area (Å²) < 4.78 is 12.0. The number of nitrogens with zero attached hydrogens (tertiary/aromatic N) is 1. The normalized spacial score (nSPS) is 10.7. The van der Waals surface area contributed by atoms with Crippen LogP contribution < -0.4 is 25.8 Å². The summed E-state index contributed by atoms with van der Waals surface area (Å²) in [5, 5.41) is 17.3. The summed E-state index contributed by atoms with van der Waals surface area (Å²) in [6, 6.07) is 17.9. The fourth-order valence-corrected chi connectivity index (χ4v) is 4.25. The van der Waals surface area contributed by atoms with Crippen molar-refractivity contribution in [1.82, 2.24) is 10.3 Å². The number of thiophene rings is 1. The number of rotatable bonds is 9. The maximum Gasteiger partial charge on any atom is 0.412 e. The summed E-state index contributed by atoms with van der Waals surface area (Å²) >= 11 is 1.40. The topological polar surface area (TPSA) is 119 Å². The Labute approximate surface area is 195 Å². The number of hydrogen-bond acceptors (Lipinski definition) is 8. The molecule has 0 aliphatic rings. The third-order valence-corrected chi connectivity index (χ3v) is 5.86. The number of benzene rings is 2. The minimum absolute atomic E-state index is 0.104. The standard InChI is InChI=1S/C24H24N4O4S/c25-23-21-17(15-33-22(21)20(13-28-23)32-24(30)26-9-10-29)14-31-19-8-4-7-18(11-19)27-12-16-5-2-1-3-6-16/h1-8,11,13,15,27,29H,9-10,12,14H2,(H2,25,28)(H,26,30). The Bertz CT molecular complexity index is 1230. The number of aliphatic hydroxyl groups excluding tert-OH is 1. The second-order valence-electron chi connectivity index (χ2n) is 7.17. The first kappa shape index (κ1) is 22.4. The maximum atomic E-state index is 11.9. The number of ether oxygens (including phenoxy) is 2. The van der Waals surface area contributed by atoms with Gasteiger partial charge in [0.2, 0.25) is 0 Å². The van der Waals surface area contributed by atoms with Crippen LogP contribution in [0.4, 0.5) is 16.3 Å². The fourth-order valence-electron chi connectivity index (χ4n) is 3.24. The van der Waals surface area contributed by atoms with Gasteiger partial charge in [-0.2, -0.15) is 0 Å². The van der Waals surface area contributed by atoms with Gasteiger partial charge in [0.25, 0.3) is 0 Å². The first-order valence-electron chi connectivity index (χ1n) is 10.4. The first-order chi connectivity index (χ1) is 16.1. The lowest BCUT2D eigenvalue weighted by atomic mass is 10.2. The van der Waals surface area contributed by atoms with E-state index in [1.54, 1.807) is 0 Å². The average Bonchev–Trinajstić information content (AvgIpc) is 3.28. The molecule has 0 aliphatic carbocycles. The number of hydrogen-bond donors (Lipinski definition) is 4. The monoisotopic (exact) mass is 464 g/mol.